The van der Waals surface area contributed by atoms with Crippen LogP contribution in [0.2, 0.25) is 0 Å². The van der Waals surface area contributed by atoms with Gasteiger partial charge in [-0.1, -0.05) is 12.1 Å². The Balaban J connectivity index is 2.16. The normalized spacial score (nSPS) is 27.7. The van der Waals surface area contributed by atoms with Crippen molar-refractivity contribution in [3.05, 3.63) is 35.6 Å². The van der Waals surface area contributed by atoms with Gasteiger partial charge in [-0.05, 0) is 43.9 Å². The lowest BCUT2D eigenvalue weighted by Crippen LogP contribution is -2.39. The van der Waals surface area contributed by atoms with Crippen molar-refractivity contribution in [3.8, 4) is 0 Å². The van der Waals surface area contributed by atoms with Crippen molar-refractivity contribution >= 4 is 0 Å². The second kappa shape index (κ2) is 4.52. The molecule has 0 spiro atoms. The highest BCUT2D eigenvalue weighted by molar-refractivity contribution is 5.21. The molecule has 1 aromatic carbocycles. The lowest BCUT2D eigenvalue weighted by atomic mass is 9.86. The van der Waals surface area contributed by atoms with Gasteiger partial charge in [-0.15, -0.1) is 0 Å². The molecular weight excluding hydrogens is 207 g/mol. The Morgan fingerprint density at radius 2 is 2.00 bits per heavy atom. The summed E-state index contributed by atoms with van der Waals surface area (Å²) >= 11 is 0. The van der Waals surface area contributed by atoms with E-state index in [9.17, 15) is 9.50 Å². The van der Waals surface area contributed by atoms with Gasteiger partial charge in [0.2, 0.25) is 0 Å². The predicted octanol–water partition coefficient (Wildman–Crippen LogP) is 2.82. The van der Waals surface area contributed by atoms with Crippen LogP contribution in [0.25, 0.3) is 0 Å². The van der Waals surface area contributed by atoms with Crippen LogP contribution in [0.1, 0.15) is 37.9 Å². The molecule has 2 atom stereocenters. The number of benzene rings is 1. The number of halogens is 1. The Kier molecular flexibility index (Phi) is 3.26. The number of hydrogen-bond acceptors (Lipinski definition) is 2. The summed E-state index contributed by atoms with van der Waals surface area (Å²) in [7, 11) is 0. The number of aliphatic hydroxyl groups excluding tert-OH is 1. The van der Waals surface area contributed by atoms with E-state index >= 15 is 0 Å². The molecule has 1 aromatic rings. The van der Waals surface area contributed by atoms with E-state index in [1.807, 2.05) is 6.92 Å². The Morgan fingerprint density at radius 3 is 2.56 bits per heavy atom. The minimum absolute atomic E-state index is 0.286. The molecular formula is C13H17FO2. The van der Waals surface area contributed by atoms with E-state index in [-0.39, 0.29) is 5.82 Å². The van der Waals surface area contributed by atoms with Crippen LogP contribution >= 0.6 is 0 Å². The predicted molar refractivity (Wildman–Crippen MR) is 59.6 cm³/mol. The highest BCUT2D eigenvalue weighted by Gasteiger charge is 2.36. The first-order chi connectivity index (χ1) is 7.62. The molecule has 16 heavy (non-hydrogen) atoms. The molecule has 2 rings (SSSR count). The fourth-order valence-corrected chi connectivity index (χ4v) is 2.17. The number of rotatable bonds is 2. The van der Waals surface area contributed by atoms with E-state index in [0.29, 0.717) is 12.2 Å². The van der Waals surface area contributed by atoms with Gasteiger partial charge in [-0.2, -0.15) is 0 Å². The summed E-state index contributed by atoms with van der Waals surface area (Å²) in [5, 5.41) is 10.2. The molecule has 0 bridgehead atoms. The lowest BCUT2D eigenvalue weighted by molar-refractivity contribution is -0.138. The second-order valence-corrected chi connectivity index (χ2v) is 4.57. The summed E-state index contributed by atoms with van der Waals surface area (Å²) in [6, 6.07) is 5.96. The zero-order valence-corrected chi connectivity index (χ0v) is 9.45. The highest BCUT2D eigenvalue weighted by atomic mass is 19.1. The van der Waals surface area contributed by atoms with Gasteiger partial charge < -0.3 is 9.84 Å². The molecule has 0 aromatic heterocycles. The minimum atomic E-state index is -0.687. The van der Waals surface area contributed by atoms with Crippen molar-refractivity contribution in [3.63, 3.8) is 0 Å². The van der Waals surface area contributed by atoms with Gasteiger partial charge >= 0.3 is 0 Å². The van der Waals surface area contributed by atoms with E-state index in [4.69, 9.17) is 4.74 Å². The largest absolute Gasteiger partial charge is 0.385 e. The zero-order chi connectivity index (χ0) is 11.6. The lowest BCUT2D eigenvalue weighted by Gasteiger charge is -2.38. The maximum atomic E-state index is 12.8. The van der Waals surface area contributed by atoms with Gasteiger partial charge in [-0.25, -0.2) is 4.39 Å². The third-order valence-electron chi connectivity index (χ3n) is 3.26. The molecule has 1 heterocycles. The number of hydrogen-bond donors (Lipinski definition) is 1. The molecule has 0 amide bonds. The SMILES string of the molecule is CC1(C(O)c2ccc(F)cc2)CCCCO1. The first-order valence-electron chi connectivity index (χ1n) is 5.69. The maximum absolute atomic E-state index is 12.8. The van der Waals surface area contributed by atoms with E-state index in [2.05, 4.69) is 0 Å². The van der Waals surface area contributed by atoms with Crippen molar-refractivity contribution in [2.45, 2.75) is 37.9 Å². The zero-order valence-electron chi connectivity index (χ0n) is 9.45. The molecule has 2 nitrogen and oxygen atoms in total. The fourth-order valence-electron chi connectivity index (χ4n) is 2.17. The third kappa shape index (κ3) is 2.25. The molecule has 1 fully saturated rings. The minimum Gasteiger partial charge on any atom is -0.385 e. The van der Waals surface area contributed by atoms with Crippen LogP contribution in [0, 0.1) is 5.82 Å². The monoisotopic (exact) mass is 224 g/mol. The summed E-state index contributed by atoms with van der Waals surface area (Å²) in [6.45, 7) is 2.61. The van der Waals surface area contributed by atoms with Gasteiger partial charge in [0.25, 0.3) is 0 Å². The number of aliphatic hydroxyl groups is 1. The third-order valence-corrected chi connectivity index (χ3v) is 3.26. The molecule has 88 valence electrons. The van der Waals surface area contributed by atoms with Crippen LogP contribution in [0.4, 0.5) is 4.39 Å². The molecule has 1 saturated heterocycles. The molecule has 2 unspecified atom stereocenters. The van der Waals surface area contributed by atoms with Gasteiger partial charge in [0.05, 0.1) is 5.60 Å². The topological polar surface area (TPSA) is 29.5 Å². The number of ether oxygens (including phenoxy) is 1. The molecule has 1 aliphatic heterocycles. The van der Waals surface area contributed by atoms with Gasteiger partial charge in [0.15, 0.2) is 0 Å². The van der Waals surface area contributed by atoms with Crippen LogP contribution in [-0.2, 0) is 4.74 Å². The standard InChI is InChI=1S/C13H17FO2/c1-13(8-2-3-9-16-13)12(15)10-4-6-11(14)7-5-10/h4-7,12,15H,2-3,8-9H2,1H3. The van der Waals surface area contributed by atoms with Crippen molar-refractivity contribution < 1.29 is 14.2 Å². The van der Waals surface area contributed by atoms with Crippen LogP contribution in [0.5, 0.6) is 0 Å². The van der Waals surface area contributed by atoms with E-state index < -0.39 is 11.7 Å². The van der Waals surface area contributed by atoms with E-state index in [1.54, 1.807) is 12.1 Å². The van der Waals surface area contributed by atoms with Crippen LogP contribution < -0.4 is 0 Å². The summed E-state index contributed by atoms with van der Waals surface area (Å²) in [4.78, 5) is 0. The Labute approximate surface area is 95.1 Å². The van der Waals surface area contributed by atoms with Gasteiger partial charge in [-0.3, -0.25) is 0 Å². The quantitative estimate of drug-likeness (QED) is 0.837. The maximum Gasteiger partial charge on any atom is 0.123 e. The van der Waals surface area contributed by atoms with Crippen molar-refractivity contribution in [1.82, 2.24) is 0 Å². The average Bonchev–Trinajstić information content (AvgIpc) is 2.30. The van der Waals surface area contributed by atoms with Gasteiger partial charge in [0, 0.05) is 6.61 Å². The Hall–Kier alpha value is -0.930. The summed E-state index contributed by atoms with van der Waals surface area (Å²) in [5.74, 6) is -0.286. The van der Waals surface area contributed by atoms with Crippen LogP contribution in [-0.4, -0.2) is 17.3 Å². The van der Waals surface area contributed by atoms with E-state index in [0.717, 1.165) is 19.3 Å². The van der Waals surface area contributed by atoms with Crippen LogP contribution in [0.3, 0.4) is 0 Å². The van der Waals surface area contributed by atoms with Crippen molar-refractivity contribution in [1.29, 1.82) is 0 Å². The molecule has 1 N–H and O–H groups in total. The molecule has 0 radical (unpaired) electrons. The summed E-state index contributed by atoms with van der Waals surface area (Å²) in [5.41, 5.74) is 0.182. The van der Waals surface area contributed by atoms with Crippen LogP contribution in [0.15, 0.2) is 24.3 Å². The molecule has 0 saturated carbocycles. The Morgan fingerprint density at radius 1 is 1.31 bits per heavy atom. The molecule has 3 heteroatoms. The van der Waals surface area contributed by atoms with E-state index in [1.165, 1.54) is 12.1 Å². The average molecular weight is 224 g/mol. The molecule has 1 aliphatic rings. The molecule has 0 aliphatic carbocycles. The first-order valence-corrected chi connectivity index (χ1v) is 5.69. The second-order valence-electron chi connectivity index (χ2n) is 4.57. The highest BCUT2D eigenvalue weighted by Crippen LogP contribution is 2.36. The Bertz CT molecular complexity index is 341. The first kappa shape index (κ1) is 11.6. The van der Waals surface area contributed by atoms with Crippen molar-refractivity contribution in [2.75, 3.05) is 6.61 Å². The fraction of sp³-hybridized carbons (Fsp3) is 0.538. The summed E-state index contributed by atoms with van der Waals surface area (Å²) < 4.78 is 18.4. The van der Waals surface area contributed by atoms with Crippen molar-refractivity contribution in [2.24, 2.45) is 0 Å². The summed E-state index contributed by atoms with van der Waals surface area (Å²) in [6.07, 6.45) is 2.26. The van der Waals surface area contributed by atoms with Gasteiger partial charge in [0.1, 0.15) is 11.9 Å². The smallest absolute Gasteiger partial charge is 0.123 e.